The van der Waals surface area contributed by atoms with E-state index in [1.54, 1.807) is 11.1 Å². The second-order valence-electron chi connectivity index (χ2n) is 6.67. The van der Waals surface area contributed by atoms with Gasteiger partial charge in [-0.1, -0.05) is 38.1 Å². The Kier molecular flexibility index (Phi) is 3.64. The van der Waals surface area contributed by atoms with Crippen molar-refractivity contribution in [1.82, 2.24) is 10.2 Å². The van der Waals surface area contributed by atoms with Crippen molar-refractivity contribution in [3.8, 4) is 0 Å². The van der Waals surface area contributed by atoms with Gasteiger partial charge in [0.05, 0.1) is 0 Å². The van der Waals surface area contributed by atoms with E-state index in [-0.39, 0.29) is 0 Å². The number of hydrogen-bond donors (Lipinski definition) is 1. The van der Waals surface area contributed by atoms with Crippen LogP contribution in [0.5, 0.6) is 0 Å². The Morgan fingerprint density at radius 3 is 2.74 bits per heavy atom. The molecule has 2 aliphatic rings. The molecule has 104 valence electrons. The van der Waals surface area contributed by atoms with Gasteiger partial charge in [-0.15, -0.1) is 0 Å². The molecular weight excluding hydrogens is 232 g/mol. The van der Waals surface area contributed by atoms with Gasteiger partial charge in [0.15, 0.2) is 0 Å². The van der Waals surface area contributed by atoms with Crippen molar-refractivity contribution >= 4 is 0 Å². The van der Waals surface area contributed by atoms with Crippen LogP contribution in [0.1, 0.15) is 31.4 Å². The van der Waals surface area contributed by atoms with Gasteiger partial charge < -0.3 is 5.32 Å². The summed E-state index contributed by atoms with van der Waals surface area (Å²) in [6.45, 7) is 10.8. The van der Waals surface area contributed by atoms with Gasteiger partial charge in [-0.25, -0.2) is 0 Å². The molecule has 0 saturated carbocycles. The van der Waals surface area contributed by atoms with Gasteiger partial charge in [0.1, 0.15) is 0 Å². The monoisotopic (exact) mass is 258 g/mol. The molecule has 1 unspecified atom stereocenters. The molecule has 19 heavy (non-hydrogen) atoms. The van der Waals surface area contributed by atoms with Crippen LogP contribution in [0.15, 0.2) is 24.3 Å². The molecule has 2 heterocycles. The van der Waals surface area contributed by atoms with Crippen LogP contribution in [0.2, 0.25) is 0 Å². The van der Waals surface area contributed by atoms with Crippen LogP contribution in [-0.4, -0.2) is 31.1 Å². The van der Waals surface area contributed by atoms with Crippen molar-refractivity contribution in [1.29, 1.82) is 0 Å². The molecule has 0 aromatic heterocycles. The maximum Gasteiger partial charge on any atom is 0.0236 e. The number of nitrogens with zero attached hydrogens (tertiary/aromatic N) is 1. The summed E-state index contributed by atoms with van der Waals surface area (Å²) in [5, 5.41) is 3.58. The summed E-state index contributed by atoms with van der Waals surface area (Å²) in [7, 11) is 0. The van der Waals surface area contributed by atoms with E-state index >= 15 is 0 Å². The molecule has 1 aromatic carbocycles. The van der Waals surface area contributed by atoms with Gasteiger partial charge in [0.25, 0.3) is 0 Å². The number of hydrogen-bond acceptors (Lipinski definition) is 2. The van der Waals surface area contributed by atoms with E-state index in [2.05, 4.69) is 48.3 Å². The van der Waals surface area contributed by atoms with Crippen molar-refractivity contribution in [3.05, 3.63) is 35.4 Å². The summed E-state index contributed by atoms with van der Waals surface area (Å²) in [5.41, 5.74) is 3.59. The fourth-order valence-electron chi connectivity index (χ4n) is 3.71. The van der Waals surface area contributed by atoms with E-state index in [1.807, 2.05) is 0 Å². The van der Waals surface area contributed by atoms with E-state index in [1.165, 1.54) is 39.0 Å². The smallest absolute Gasteiger partial charge is 0.0236 e. The lowest BCUT2D eigenvalue weighted by Crippen LogP contribution is -2.44. The average Bonchev–Trinajstić information content (AvgIpc) is 2.88. The molecule has 0 amide bonds. The fourth-order valence-corrected chi connectivity index (χ4v) is 3.71. The quantitative estimate of drug-likeness (QED) is 0.897. The largest absolute Gasteiger partial charge is 0.316 e. The number of fused-ring (bicyclic) bond motifs is 1. The zero-order valence-electron chi connectivity index (χ0n) is 12.3. The van der Waals surface area contributed by atoms with E-state index in [9.17, 15) is 0 Å². The molecular formula is C17H26N2. The summed E-state index contributed by atoms with van der Waals surface area (Å²) < 4.78 is 0. The first-order valence-electron chi connectivity index (χ1n) is 7.69. The molecule has 1 fully saturated rings. The van der Waals surface area contributed by atoms with Gasteiger partial charge in [-0.05, 0) is 41.8 Å². The summed E-state index contributed by atoms with van der Waals surface area (Å²) in [4.78, 5) is 2.68. The number of benzene rings is 1. The molecule has 3 rings (SSSR count). The van der Waals surface area contributed by atoms with E-state index < -0.39 is 0 Å². The normalized spacial score (nSPS) is 27.7. The van der Waals surface area contributed by atoms with E-state index in [0.29, 0.717) is 5.41 Å². The first kappa shape index (κ1) is 13.1. The summed E-state index contributed by atoms with van der Waals surface area (Å²) >= 11 is 0. The van der Waals surface area contributed by atoms with E-state index in [4.69, 9.17) is 0 Å². The molecule has 0 aliphatic carbocycles. The SMILES string of the molecule is CC(C)C1(CN2CCc3ccccc3C2)CCNC1. The van der Waals surface area contributed by atoms with Gasteiger partial charge in [-0.2, -0.15) is 0 Å². The Bertz CT molecular complexity index is 433. The van der Waals surface area contributed by atoms with Crippen molar-refractivity contribution in [2.24, 2.45) is 11.3 Å². The Morgan fingerprint density at radius 1 is 1.26 bits per heavy atom. The number of nitrogens with one attached hydrogen (secondary N) is 1. The van der Waals surface area contributed by atoms with Crippen LogP contribution >= 0.6 is 0 Å². The molecule has 1 saturated heterocycles. The third kappa shape index (κ3) is 2.56. The zero-order valence-corrected chi connectivity index (χ0v) is 12.3. The third-order valence-corrected chi connectivity index (χ3v) is 5.25. The summed E-state index contributed by atoms with van der Waals surface area (Å²) in [6.07, 6.45) is 2.56. The molecule has 2 aliphatic heterocycles. The molecule has 1 aromatic rings. The summed E-state index contributed by atoms with van der Waals surface area (Å²) in [6, 6.07) is 8.95. The van der Waals surface area contributed by atoms with Crippen LogP contribution in [-0.2, 0) is 13.0 Å². The molecule has 1 N–H and O–H groups in total. The summed E-state index contributed by atoms with van der Waals surface area (Å²) in [5.74, 6) is 0.764. The lowest BCUT2D eigenvalue weighted by molar-refractivity contribution is 0.108. The fraction of sp³-hybridized carbons (Fsp3) is 0.647. The van der Waals surface area contributed by atoms with Gasteiger partial charge >= 0.3 is 0 Å². The Morgan fingerprint density at radius 2 is 2.05 bits per heavy atom. The van der Waals surface area contributed by atoms with Crippen LogP contribution in [0, 0.1) is 11.3 Å². The van der Waals surface area contributed by atoms with Crippen LogP contribution in [0.4, 0.5) is 0 Å². The van der Waals surface area contributed by atoms with Crippen molar-refractivity contribution in [3.63, 3.8) is 0 Å². The highest BCUT2D eigenvalue weighted by atomic mass is 15.1. The lowest BCUT2D eigenvalue weighted by Gasteiger charge is -2.40. The predicted molar refractivity (Wildman–Crippen MR) is 80.2 cm³/mol. The second kappa shape index (κ2) is 5.26. The Hall–Kier alpha value is -0.860. The first-order chi connectivity index (χ1) is 9.20. The minimum Gasteiger partial charge on any atom is -0.316 e. The number of rotatable bonds is 3. The van der Waals surface area contributed by atoms with Crippen molar-refractivity contribution in [2.75, 3.05) is 26.2 Å². The van der Waals surface area contributed by atoms with E-state index in [0.717, 1.165) is 12.5 Å². The molecule has 2 heteroatoms. The standard InChI is InChI=1S/C17H26N2/c1-14(2)17(8-9-18-12-17)13-19-10-7-15-5-3-4-6-16(15)11-19/h3-6,14,18H,7-13H2,1-2H3. The first-order valence-corrected chi connectivity index (χ1v) is 7.69. The topological polar surface area (TPSA) is 15.3 Å². The van der Waals surface area contributed by atoms with Crippen LogP contribution in [0.25, 0.3) is 0 Å². The lowest BCUT2D eigenvalue weighted by atomic mass is 9.75. The highest BCUT2D eigenvalue weighted by molar-refractivity contribution is 5.29. The maximum absolute atomic E-state index is 3.58. The second-order valence-corrected chi connectivity index (χ2v) is 6.67. The highest BCUT2D eigenvalue weighted by Crippen LogP contribution is 2.36. The third-order valence-electron chi connectivity index (χ3n) is 5.25. The molecule has 0 spiro atoms. The highest BCUT2D eigenvalue weighted by Gasteiger charge is 2.38. The van der Waals surface area contributed by atoms with Gasteiger partial charge in [-0.3, -0.25) is 4.90 Å². The minimum atomic E-state index is 0.492. The Balaban J connectivity index is 1.71. The van der Waals surface area contributed by atoms with Gasteiger partial charge in [0, 0.05) is 26.2 Å². The maximum atomic E-state index is 3.58. The van der Waals surface area contributed by atoms with Crippen molar-refractivity contribution < 1.29 is 0 Å². The van der Waals surface area contributed by atoms with Crippen LogP contribution in [0.3, 0.4) is 0 Å². The molecule has 0 radical (unpaired) electrons. The molecule has 0 bridgehead atoms. The van der Waals surface area contributed by atoms with Crippen molar-refractivity contribution in [2.45, 2.75) is 33.2 Å². The van der Waals surface area contributed by atoms with Gasteiger partial charge in [0.2, 0.25) is 0 Å². The van der Waals surface area contributed by atoms with Crippen LogP contribution < -0.4 is 5.32 Å². The zero-order chi connectivity index (χ0) is 13.3. The predicted octanol–water partition coefficient (Wildman–Crippen LogP) is 2.68. The minimum absolute atomic E-state index is 0.492. The molecule has 2 nitrogen and oxygen atoms in total. The Labute approximate surface area is 117 Å². The molecule has 1 atom stereocenters. The average molecular weight is 258 g/mol.